The van der Waals surface area contributed by atoms with Gasteiger partial charge in [0.1, 0.15) is 12.1 Å². The zero-order chi connectivity index (χ0) is 12.9. The quantitative estimate of drug-likeness (QED) is 0.468. The molecule has 0 bridgehead atoms. The third-order valence-corrected chi connectivity index (χ3v) is 2.66. The molecule has 0 aliphatic heterocycles. The zero-order valence-corrected chi connectivity index (χ0v) is 10.1. The first-order valence-corrected chi connectivity index (χ1v) is 5.65. The average Bonchev–Trinajstić information content (AvgIpc) is 3.08. The number of hydrogen-bond donors (Lipinski definition) is 0. The van der Waals surface area contributed by atoms with Gasteiger partial charge in [0.2, 0.25) is 6.41 Å². The van der Waals surface area contributed by atoms with Crippen molar-refractivity contribution < 1.29 is 23.9 Å². The Bertz CT molecular complexity index is 311. The molecule has 0 N–H and O–H groups in total. The van der Waals surface area contributed by atoms with Gasteiger partial charge in [-0.25, -0.2) is 4.79 Å². The van der Waals surface area contributed by atoms with Gasteiger partial charge in [-0.1, -0.05) is 0 Å². The van der Waals surface area contributed by atoms with Crippen LogP contribution in [0, 0.1) is 0 Å². The number of carbonyl (C=O) groups excluding carboxylic acids is 3. The number of hydrogen-bond acceptors (Lipinski definition) is 5. The summed E-state index contributed by atoms with van der Waals surface area (Å²) in [5.74, 6) is -0.966. The highest BCUT2D eigenvalue weighted by Crippen LogP contribution is 2.42. The summed E-state index contributed by atoms with van der Waals surface area (Å²) < 4.78 is 9.65. The van der Waals surface area contributed by atoms with Gasteiger partial charge >= 0.3 is 11.9 Å². The van der Waals surface area contributed by atoms with Crippen LogP contribution in [0.2, 0.25) is 0 Å². The van der Waals surface area contributed by atoms with Gasteiger partial charge in [0.05, 0.1) is 13.2 Å². The van der Waals surface area contributed by atoms with Crippen molar-refractivity contribution in [3.8, 4) is 0 Å². The Labute approximate surface area is 99.9 Å². The smallest absolute Gasteiger partial charge is 0.332 e. The second-order valence-electron chi connectivity index (χ2n) is 3.79. The van der Waals surface area contributed by atoms with E-state index >= 15 is 0 Å². The number of esters is 2. The van der Waals surface area contributed by atoms with Crippen LogP contribution in [0.1, 0.15) is 26.7 Å². The Morgan fingerprint density at radius 3 is 2.24 bits per heavy atom. The Morgan fingerprint density at radius 2 is 1.82 bits per heavy atom. The van der Waals surface area contributed by atoms with Gasteiger partial charge < -0.3 is 14.4 Å². The van der Waals surface area contributed by atoms with E-state index in [0.29, 0.717) is 19.3 Å². The van der Waals surface area contributed by atoms with Crippen molar-refractivity contribution in [3.05, 3.63) is 0 Å². The summed E-state index contributed by atoms with van der Waals surface area (Å²) in [6, 6.07) is 0. The van der Waals surface area contributed by atoms with Gasteiger partial charge in [-0.3, -0.25) is 9.59 Å². The lowest BCUT2D eigenvalue weighted by atomic mass is 10.2. The summed E-state index contributed by atoms with van der Waals surface area (Å²) in [5, 5.41) is 0. The molecule has 1 aliphatic rings. The molecule has 1 rings (SSSR count). The van der Waals surface area contributed by atoms with Gasteiger partial charge in [0, 0.05) is 0 Å². The van der Waals surface area contributed by atoms with Crippen LogP contribution in [0.25, 0.3) is 0 Å². The molecule has 0 atom stereocenters. The van der Waals surface area contributed by atoms with E-state index in [2.05, 4.69) is 0 Å². The first kappa shape index (κ1) is 13.5. The predicted octanol–water partition coefficient (Wildman–Crippen LogP) is 0.104. The van der Waals surface area contributed by atoms with Crippen LogP contribution in [0.3, 0.4) is 0 Å². The molecule has 0 aromatic heterocycles. The SMILES string of the molecule is CCOC(=O)CN(C=O)C1(C(=O)OCC)CC1. The third kappa shape index (κ3) is 2.95. The molecule has 1 amide bonds. The number of nitrogens with zero attached hydrogens (tertiary/aromatic N) is 1. The fourth-order valence-corrected chi connectivity index (χ4v) is 1.63. The van der Waals surface area contributed by atoms with Crippen molar-refractivity contribution in [2.75, 3.05) is 19.8 Å². The predicted molar refractivity (Wildman–Crippen MR) is 58.0 cm³/mol. The van der Waals surface area contributed by atoms with Crippen LogP contribution < -0.4 is 0 Å². The van der Waals surface area contributed by atoms with Gasteiger partial charge in [0.25, 0.3) is 0 Å². The summed E-state index contributed by atoms with van der Waals surface area (Å²) in [7, 11) is 0. The second-order valence-corrected chi connectivity index (χ2v) is 3.79. The van der Waals surface area contributed by atoms with Gasteiger partial charge in [-0.15, -0.1) is 0 Å². The maximum atomic E-state index is 11.7. The molecule has 0 heterocycles. The Balaban J connectivity index is 2.64. The van der Waals surface area contributed by atoms with Crippen LogP contribution in [0.5, 0.6) is 0 Å². The van der Waals surface area contributed by atoms with E-state index < -0.39 is 17.5 Å². The summed E-state index contributed by atoms with van der Waals surface area (Å²) in [5.41, 5.74) is -0.940. The molecule has 17 heavy (non-hydrogen) atoms. The molecule has 1 aliphatic carbocycles. The monoisotopic (exact) mass is 243 g/mol. The molecule has 6 heteroatoms. The van der Waals surface area contributed by atoms with E-state index in [0.717, 1.165) is 0 Å². The van der Waals surface area contributed by atoms with Crippen LogP contribution in [0.15, 0.2) is 0 Å². The number of carbonyl (C=O) groups is 3. The molecule has 6 nitrogen and oxygen atoms in total. The first-order valence-electron chi connectivity index (χ1n) is 5.65. The van der Waals surface area contributed by atoms with Crippen LogP contribution >= 0.6 is 0 Å². The molecule has 0 unspecified atom stereocenters. The van der Waals surface area contributed by atoms with Crippen molar-refractivity contribution in [2.24, 2.45) is 0 Å². The number of rotatable bonds is 7. The van der Waals surface area contributed by atoms with E-state index in [4.69, 9.17) is 9.47 Å². The topological polar surface area (TPSA) is 72.9 Å². The molecule has 0 spiro atoms. The normalized spacial score (nSPS) is 15.9. The highest BCUT2D eigenvalue weighted by molar-refractivity contribution is 5.88. The molecular formula is C11H17NO5. The van der Waals surface area contributed by atoms with Crippen molar-refractivity contribution in [1.29, 1.82) is 0 Å². The van der Waals surface area contributed by atoms with Gasteiger partial charge in [-0.05, 0) is 26.7 Å². The summed E-state index contributed by atoms with van der Waals surface area (Å²) in [4.78, 5) is 35.1. The van der Waals surface area contributed by atoms with E-state index in [1.54, 1.807) is 13.8 Å². The standard InChI is InChI=1S/C11H17NO5/c1-3-16-9(14)7-12(8-13)11(5-6-11)10(15)17-4-2/h8H,3-7H2,1-2H3. The van der Waals surface area contributed by atoms with Crippen molar-refractivity contribution in [3.63, 3.8) is 0 Å². The number of ether oxygens (including phenoxy) is 2. The van der Waals surface area contributed by atoms with Gasteiger partial charge in [0.15, 0.2) is 0 Å². The first-order chi connectivity index (χ1) is 8.10. The van der Waals surface area contributed by atoms with Crippen molar-refractivity contribution >= 4 is 18.3 Å². The highest BCUT2D eigenvalue weighted by atomic mass is 16.5. The van der Waals surface area contributed by atoms with Crippen molar-refractivity contribution in [2.45, 2.75) is 32.2 Å². The lowest BCUT2D eigenvalue weighted by molar-refractivity contribution is -0.157. The minimum Gasteiger partial charge on any atom is -0.465 e. The molecule has 0 aromatic rings. The summed E-state index contributed by atoms with van der Waals surface area (Å²) >= 11 is 0. The Morgan fingerprint density at radius 1 is 1.24 bits per heavy atom. The Kier molecular flexibility index (Phi) is 4.48. The lowest BCUT2D eigenvalue weighted by Crippen LogP contribution is -2.46. The number of amides is 1. The lowest BCUT2D eigenvalue weighted by Gasteiger charge is -2.25. The van der Waals surface area contributed by atoms with E-state index in [1.165, 1.54) is 4.90 Å². The third-order valence-electron chi connectivity index (χ3n) is 2.66. The fraction of sp³-hybridized carbons (Fsp3) is 0.727. The molecule has 96 valence electrons. The minimum absolute atomic E-state index is 0.212. The molecule has 0 saturated heterocycles. The van der Waals surface area contributed by atoms with Gasteiger partial charge in [-0.2, -0.15) is 0 Å². The molecule has 1 saturated carbocycles. The van der Waals surface area contributed by atoms with Crippen molar-refractivity contribution in [1.82, 2.24) is 4.90 Å². The van der Waals surface area contributed by atoms with E-state index in [-0.39, 0.29) is 19.8 Å². The summed E-state index contributed by atoms with van der Waals surface area (Å²) in [6.45, 7) is 3.67. The molecule has 0 aromatic carbocycles. The zero-order valence-electron chi connectivity index (χ0n) is 10.1. The molecule has 0 radical (unpaired) electrons. The maximum Gasteiger partial charge on any atom is 0.332 e. The highest BCUT2D eigenvalue weighted by Gasteiger charge is 2.56. The minimum atomic E-state index is -0.940. The van der Waals surface area contributed by atoms with E-state index in [9.17, 15) is 14.4 Å². The summed E-state index contributed by atoms with van der Waals surface area (Å²) in [6.07, 6.45) is 1.56. The average molecular weight is 243 g/mol. The molecular weight excluding hydrogens is 226 g/mol. The largest absolute Gasteiger partial charge is 0.465 e. The van der Waals surface area contributed by atoms with E-state index in [1.807, 2.05) is 0 Å². The Hall–Kier alpha value is -1.59. The second kappa shape index (κ2) is 5.65. The fourth-order valence-electron chi connectivity index (χ4n) is 1.63. The maximum absolute atomic E-state index is 11.7. The van der Waals surface area contributed by atoms with Crippen LogP contribution in [-0.4, -0.2) is 48.5 Å². The van der Waals surface area contributed by atoms with Crippen LogP contribution in [-0.2, 0) is 23.9 Å². The van der Waals surface area contributed by atoms with Crippen LogP contribution in [0.4, 0.5) is 0 Å². The molecule has 1 fully saturated rings.